The lowest BCUT2D eigenvalue weighted by Gasteiger charge is -2.05. The molecule has 1 nitrogen and oxygen atoms in total. The number of benzene rings is 1. The molecule has 0 unspecified atom stereocenters. The summed E-state index contributed by atoms with van der Waals surface area (Å²) >= 11 is 3.23. The minimum atomic E-state index is -0.225. The van der Waals surface area contributed by atoms with Gasteiger partial charge >= 0.3 is 0 Å². The molecule has 1 aliphatic carbocycles. The Morgan fingerprint density at radius 2 is 2.17 bits per heavy atom. The maximum absolute atomic E-state index is 13.4. The molecular weight excluding hydrogens is 221 g/mol. The van der Waals surface area contributed by atoms with Crippen molar-refractivity contribution in [1.29, 1.82) is 0 Å². The first-order valence-corrected chi connectivity index (χ1v) is 4.74. The highest BCUT2D eigenvalue weighted by Crippen LogP contribution is 2.33. The predicted octanol–water partition coefficient (Wildman–Crippen LogP) is 2.66. The quantitative estimate of drug-likeness (QED) is 0.681. The summed E-state index contributed by atoms with van der Waals surface area (Å²) in [6, 6.07) is 1.93. The van der Waals surface area contributed by atoms with Gasteiger partial charge in [-0.25, -0.2) is 4.39 Å². The van der Waals surface area contributed by atoms with Gasteiger partial charge in [0.25, 0.3) is 0 Å². The highest BCUT2D eigenvalue weighted by molar-refractivity contribution is 9.10. The normalized spacial score (nSPS) is 14.8. The molecule has 64 valence electrons. The molecule has 3 heteroatoms. The lowest BCUT2D eigenvalue weighted by Crippen LogP contribution is -1.97. The van der Waals surface area contributed by atoms with Crippen molar-refractivity contribution in [1.82, 2.24) is 0 Å². The maximum Gasteiger partial charge on any atom is 0.150 e. The summed E-state index contributed by atoms with van der Waals surface area (Å²) in [5.74, 6) is -0.225. The third-order valence-corrected chi connectivity index (χ3v) is 2.98. The molecule has 0 heterocycles. The molecule has 2 rings (SSSR count). The standard InChI is InChI=1S/C9H9BrFN/c10-7-4-5-2-1-3-6(5)8(11)9(7)12/h4H,1-3,12H2. The molecule has 0 saturated heterocycles. The van der Waals surface area contributed by atoms with Crippen LogP contribution in [0.25, 0.3) is 0 Å². The van der Waals surface area contributed by atoms with Crippen molar-refractivity contribution in [3.63, 3.8) is 0 Å². The van der Waals surface area contributed by atoms with Gasteiger partial charge < -0.3 is 5.73 Å². The number of anilines is 1. The zero-order valence-corrected chi connectivity index (χ0v) is 8.12. The van der Waals surface area contributed by atoms with Crippen LogP contribution < -0.4 is 5.73 Å². The lowest BCUT2D eigenvalue weighted by atomic mass is 10.1. The van der Waals surface area contributed by atoms with Crippen LogP contribution in [0.15, 0.2) is 10.5 Å². The molecule has 1 aromatic rings. The largest absolute Gasteiger partial charge is 0.395 e. The van der Waals surface area contributed by atoms with Gasteiger partial charge in [0, 0.05) is 4.47 Å². The van der Waals surface area contributed by atoms with Crippen molar-refractivity contribution in [2.24, 2.45) is 0 Å². The van der Waals surface area contributed by atoms with Gasteiger partial charge in [0.15, 0.2) is 5.82 Å². The van der Waals surface area contributed by atoms with E-state index in [1.54, 1.807) is 0 Å². The summed E-state index contributed by atoms with van der Waals surface area (Å²) in [5, 5.41) is 0. The molecule has 0 amide bonds. The number of halogens is 2. The zero-order chi connectivity index (χ0) is 8.72. The van der Waals surface area contributed by atoms with Crippen molar-refractivity contribution in [3.8, 4) is 0 Å². The third-order valence-electron chi connectivity index (χ3n) is 2.32. The summed E-state index contributed by atoms with van der Waals surface area (Å²) in [6.45, 7) is 0. The van der Waals surface area contributed by atoms with Gasteiger partial charge in [-0.2, -0.15) is 0 Å². The highest BCUT2D eigenvalue weighted by Gasteiger charge is 2.18. The molecule has 0 atom stereocenters. The second kappa shape index (κ2) is 2.73. The van der Waals surface area contributed by atoms with E-state index in [-0.39, 0.29) is 11.5 Å². The molecular formula is C9H9BrFN. The van der Waals surface area contributed by atoms with E-state index in [1.165, 1.54) is 0 Å². The van der Waals surface area contributed by atoms with Crippen LogP contribution in [0.5, 0.6) is 0 Å². The van der Waals surface area contributed by atoms with Crippen molar-refractivity contribution in [3.05, 3.63) is 27.5 Å². The van der Waals surface area contributed by atoms with E-state index in [0.29, 0.717) is 4.47 Å². The number of rotatable bonds is 0. The summed E-state index contributed by atoms with van der Waals surface area (Å²) in [4.78, 5) is 0. The van der Waals surface area contributed by atoms with Gasteiger partial charge in [0.05, 0.1) is 5.69 Å². The van der Waals surface area contributed by atoms with Gasteiger partial charge in [-0.05, 0) is 52.4 Å². The first kappa shape index (κ1) is 8.05. The molecule has 1 aliphatic rings. The van der Waals surface area contributed by atoms with Gasteiger partial charge in [-0.3, -0.25) is 0 Å². The van der Waals surface area contributed by atoms with Gasteiger partial charge in [-0.15, -0.1) is 0 Å². The molecule has 0 fully saturated rings. The zero-order valence-electron chi connectivity index (χ0n) is 6.53. The molecule has 2 N–H and O–H groups in total. The van der Waals surface area contributed by atoms with Crippen LogP contribution in [0.3, 0.4) is 0 Å². The average Bonchev–Trinajstić information content (AvgIpc) is 2.48. The van der Waals surface area contributed by atoms with E-state index < -0.39 is 0 Å². The number of nitrogen functional groups attached to an aromatic ring is 1. The number of hydrogen-bond acceptors (Lipinski definition) is 1. The second-order valence-electron chi connectivity index (χ2n) is 3.08. The Morgan fingerprint density at radius 1 is 1.42 bits per heavy atom. The van der Waals surface area contributed by atoms with Gasteiger partial charge in [0.2, 0.25) is 0 Å². The fourth-order valence-corrected chi connectivity index (χ4v) is 2.13. The minimum absolute atomic E-state index is 0.225. The van der Waals surface area contributed by atoms with Crippen molar-refractivity contribution in [2.45, 2.75) is 19.3 Å². The molecule has 0 aromatic heterocycles. The molecule has 1 aromatic carbocycles. The number of aryl methyl sites for hydroxylation is 1. The van der Waals surface area contributed by atoms with Crippen LogP contribution >= 0.6 is 15.9 Å². The highest BCUT2D eigenvalue weighted by atomic mass is 79.9. The van der Waals surface area contributed by atoms with E-state index in [2.05, 4.69) is 15.9 Å². The average molecular weight is 230 g/mol. The summed E-state index contributed by atoms with van der Waals surface area (Å²) < 4.78 is 14.1. The SMILES string of the molecule is Nc1c(Br)cc2c(c1F)CCC2. The monoisotopic (exact) mass is 229 g/mol. The van der Waals surface area contributed by atoms with Gasteiger partial charge in [-0.1, -0.05) is 0 Å². The first-order chi connectivity index (χ1) is 5.70. The van der Waals surface area contributed by atoms with E-state index in [1.807, 2.05) is 6.07 Å². The maximum atomic E-state index is 13.4. The Morgan fingerprint density at radius 3 is 2.92 bits per heavy atom. The Labute approximate surface area is 78.9 Å². The Kier molecular flexibility index (Phi) is 1.83. The molecule has 0 aliphatic heterocycles. The van der Waals surface area contributed by atoms with E-state index >= 15 is 0 Å². The smallest absolute Gasteiger partial charge is 0.150 e. The van der Waals surface area contributed by atoms with Crippen molar-refractivity contribution >= 4 is 21.6 Å². The topological polar surface area (TPSA) is 26.0 Å². The lowest BCUT2D eigenvalue weighted by molar-refractivity contribution is 0.617. The van der Waals surface area contributed by atoms with Crippen LogP contribution in [0, 0.1) is 5.82 Å². The van der Waals surface area contributed by atoms with Crippen LogP contribution in [-0.4, -0.2) is 0 Å². The summed E-state index contributed by atoms with van der Waals surface area (Å²) in [7, 11) is 0. The second-order valence-corrected chi connectivity index (χ2v) is 3.93. The van der Waals surface area contributed by atoms with E-state index in [9.17, 15) is 4.39 Å². The molecule has 0 spiro atoms. The van der Waals surface area contributed by atoms with E-state index in [0.717, 1.165) is 30.4 Å². The third kappa shape index (κ3) is 1.04. The molecule has 0 saturated carbocycles. The summed E-state index contributed by atoms with van der Waals surface area (Å²) in [6.07, 6.45) is 2.85. The Balaban J connectivity index is 2.67. The van der Waals surface area contributed by atoms with Crippen LogP contribution in [-0.2, 0) is 12.8 Å². The van der Waals surface area contributed by atoms with Gasteiger partial charge in [0.1, 0.15) is 0 Å². The van der Waals surface area contributed by atoms with Crippen LogP contribution in [0.1, 0.15) is 17.5 Å². The number of nitrogens with two attached hydrogens (primary N) is 1. The fourth-order valence-electron chi connectivity index (χ4n) is 1.68. The Bertz CT molecular complexity index is 336. The fraction of sp³-hybridized carbons (Fsp3) is 0.333. The first-order valence-electron chi connectivity index (χ1n) is 3.95. The Hall–Kier alpha value is -0.570. The molecule has 12 heavy (non-hydrogen) atoms. The van der Waals surface area contributed by atoms with Crippen LogP contribution in [0.2, 0.25) is 0 Å². The van der Waals surface area contributed by atoms with Crippen LogP contribution in [0.4, 0.5) is 10.1 Å². The molecule has 0 bridgehead atoms. The van der Waals surface area contributed by atoms with Crippen molar-refractivity contribution < 1.29 is 4.39 Å². The predicted molar refractivity (Wildman–Crippen MR) is 50.5 cm³/mol. The van der Waals surface area contributed by atoms with E-state index in [4.69, 9.17) is 5.73 Å². The summed E-state index contributed by atoms with van der Waals surface area (Å²) in [5.41, 5.74) is 7.70. The molecule has 0 radical (unpaired) electrons. The van der Waals surface area contributed by atoms with Crippen molar-refractivity contribution in [2.75, 3.05) is 5.73 Å². The minimum Gasteiger partial charge on any atom is -0.395 e. The number of hydrogen-bond donors (Lipinski definition) is 1. The number of fused-ring (bicyclic) bond motifs is 1.